The van der Waals surface area contributed by atoms with Crippen LogP contribution in [0.3, 0.4) is 0 Å². The summed E-state index contributed by atoms with van der Waals surface area (Å²) in [5.74, 6) is 0.723. The zero-order chi connectivity index (χ0) is 18.2. The van der Waals surface area contributed by atoms with Crippen molar-refractivity contribution >= 4 is 10.9 Å². The molecule has 3 rings (SSSR count). The van der Waals surface area contributed by atoms with Crippen molar-refractivity contribution in [3.63, 3.8) is 0 Å². The van der Waals surface area contributed by atoms with Crippen LogP contribution in [0.1, 0.15) is 76.3 Å². The van der Waals surface area contributed by atoms with Crippen molar-refractivity contribution in [1.29, 1.82) is 0 Å². The van der Waals surface area contributed by atoms with Gasteiger partial charge in [-0.25, -0.2) is 0 Å². The Morgan fingerprint density at radius 2 is 2.00 bits per heavy atom. The summed E-state index contributed by atoms with van der Waals surface area (Å²) in [6, 6.07) is 6.69. The molecule has 0 saturated carbocycles. The Balaban J connectivity index is 0.000000236. The van der Waals surface area contributed by atoms with Gasteiger partial charge in [-0.2, -0.15) is 0 Å². The van der Waals surface area contributed by atoms with Gasteiger partial charge in [0.2, 0.25) is 0 Å². The summed E-state index contributed by atoms with van der Waals surface area (Å²) < 4.78 is 5.31. The first-order valence-corrected chi connectivity index (χ1v) is 9.91. The Hall–Kier alpha value is -1.54. The quantitative estimate of drug-likeness (QED) is 0.568. The van der Waals surface area contributed by atoms with E-state index in [0.717, 1.165) is 12.5 Å². The number of hydrogen-bond acceptors (Lipinski definition) is 1. The first-order valence-electron chi connectivity index (χ1n) is 9.91. The second kappa shape index (κ2) is 9.82. The van der Waals surface area contributed by atoms with Crippen LogP contribution in [-0.4, -0.2) is 17.7 Å². The first-order chi connectivity index (χ1) is 12.1. The monoisotopic (exact) mass is 341 g/mol. The molecule has 138 valence electrons. The molecule has 1 aromatic carbocycles. The number of hydrogen-bond donors (Lipinski definition) is 1. The number of ether oxygens (including phenoxy) is 1. The van der Waals surface area contributed by atoms with Crippen LogP contribution >= 0.6 is 0 Å². The second-order valence-corrected chi connectivity index (χ2v) is 7.42. The summed E-state index contributed by atoms with van der Waals surface area (Å²) in [6.07, 6.45) is 10.1. The molecule has 0 amide bonds. The van der Waals surface area contributed by atoms with Gasteiger partial charge in [0.1, 0.15) is 0 Å². The van der Waals surface area contributed by atoms with E-state index in [-0.39, 0.29) is 0 Å². The van der Waals surface area contributed by atoms with Crippen LogP contribution in [0, 0.1) is 6.92 Å². The highest BCUT2D eigenvalue weighted by atomic mass is 16.5. The van der Waals surface area contributed by atoms with E-state index in [9.17, 15) is 0 Å². The molecule has 1 aliphatic rings. The number of H-pyrrole nitrogens is 1. The van der Waals surface area contributed by atoms with E-state index in [2.05, 4.69) is 56.7 Å². The molecule has 1 unspecified atom stereocenters. The highest BCUT2D eigenvalue weighted by Crippen LogP contribution is 2.32. The maximum absolute atomic E-state index is 5.31. The molecule has 2 aromatic rings. The van der Waals surface area contributed by atoms with Crippen molar-refractivity contribution in [2.24, 2.45) is 0 Å². The topological polar surface area (TPSA) is 25.0 Å². The van der Waals surface area contributed by atoms with E-state index >= 15 is 0 Å². The summed E-state index contributed by atoms with van der Waals surface area (Å²) in [5, 5.41) is 1.43. The van der Waals surface area contributed by atoms with Gasteiger partial charge in [0, 0.05) is 23.7 Å². The number of aryl methyl sites for hydroxylation is 1. The van der Waals surface area contributed by atoms with E-state index in [0.29, 0.717) is 6.10 Å². The third-order valence-electron chi connectivity index (χ3n) is 5.06. The molecule has 0 spiro atoms. The van der Waals surface area contributed by atoms with Crippen molar-refractivity contribution < 1.29 is 4.74 Å². The van der Waals surface area contributed by atoms with Crippen LogP contribution < -0.4 is 0 Å². The standard InChI is InChI=1S/C16H23N.C7H12O/c1-4-6-13(7-5-2)15-11-17-16-9-8-12(3)10-14(15)16;1-6(2)7-4-3-5-8-7/h8-11,13,17H,4-7H2,1-3H3;7H,1,3-5H2,2H3. The third-order valence-corrected chi connectivity index (χ3v) is 5.06. The van der Waals surface area contributed by atoms with E-state index in [1.54, 1.807) is 0 Å². The van der Waals surface area contributed by atoms with E-state index in [1.807, 2.05) is 6.92 Å². The van der Waals surface area contributed by atoms with Gasteiger partial charge in [0.15, 0.2) is 0 Å². The first kappa shape index (κ1) is 19.8. The number of nitrogens with one attached hydrogen (secondary N) is 1. The minimum Gasteiger partial charge on any atom is -0.374 e. The molecular formula is C23H35NO. The summed E-state index contributed by atoms with van der Waals surface area (Å²) >= 11 is 0. The van der Waals surface area contributed by atoms with Gasteiger partial charge in [0.25, 0.3) is 0 Å². The maximum atomic E-state index is 5.31. The largest absolute Gasteiger partial charge is 0.374 e. The molecule has 2 heteroatoms. The highest BCUT2D eigenvalue weighted by molar-refractivity contribution is 5.84. The highest BCUT2D eigenvalue weighted by Gasteiger charge is 2.15. The molecule has 2 heterocycles. The van der Waals surface area contributed by atoms with Crippen molar-refractivity contribution in [3.05, 3.63) is 47.7 Å². The zero-order valence-electron chi connectivity index (χ0n) is 16.5. The fraction of sp³-hybridized carbons (Fsp3) is 0.565. The molecule has 1 saturated heterocycles. The molecule has 1 aliphatic heterocycles. The molecule has 0 aliphatic carbocycles. The maximum Gasteiger partial charge on any atom is 0.0780 e. The van der Waals surface area contributed by atoms with Crippen LogP contribution in [0.4, 0.5) is 0 Å². The van der Waals surface area contributed by atoms with Crippen molar-refractivity contribution in [2.75, 3.05) is 6.61 Å². The van der Waals surface area contributed by atoms with Gasteiger partial charge in [0.05, 0.1) is 6.10 Å². The molecule has 1 N–H and O–H groups in total. The predicted molar refractivity (Wildman–Crippen MR) is 109 cm³/mol. The smallest absolute Gasteiger partial charge is 0.0780 e. The van der Waals surface area contributed by atoms with Crippen molar-refractivity contribution in [1.82, 2.24) is 4.98 Å². The van der Waals surface area contributed by atoms with Gasteiger partial charge in [-0.1, -0.05) is 50.5 Å². The Morgan fingerprint density at radius 3 is 2.52 bits per heavy atom. The SMILES string of the molecule is C=C(C)C1CCCO1.CCCC(CCC)c1c[nH]c2ccc(C)cc12. The second-order valence-electron chi connectivity index (χ2n) is 7.42. The minimum atomic E-state index is 0.370. The Morgan fingerprint density at radius 1 is 1.28 bits per heavy atom. The summed E-state index contributed by atoms with van der Waals surface area (Å²) in [5.41, 5.74) is 5.32. The Kier molecular flexibility index (Phi) is 7.77. The van der Waals surface area contributed by atoms with Gasteiger partial charge >= 0.3 is 0 Å². The van der Waals surface area contributed by atoms with Crippen LogP contribution in [0.15, 0.2) is 36.5 Å². The number of aromatic nitrogens is 1. The summed E-state index contributed by atoms with van der Waals surface area (Å²) in [7, 11) is 0. The molecular weight excluding hydrogens is 306 g/mol. The van der Waals surface area contributed by atoms with Gasteiger partial charge < -0.3 is 9.72 Å². The average molecular weight is 342 g/mol. The lowest BCUT2D eigenvalue weighted by Crippen LogP contribution is -2.04. The number of rotatable bonds is 6. The number of fused-ring (bicyclic) bond motifs is 1. The van der Waals surface area contributed by atoms with E-state index in [4.69, 9.17) is 4.74 Å². The number of benzene rings is 1. The predicted octanol–water partition coefficient (Wildman–Crippen LogP) is 6.90. The van der Waals surface area contributed by atoms with Crippen LogP contribution in [-0.2, 0) is 4.74 Å². The van der Waals surface area contributed by atoms with Gasteiger partial charge in [-0.3, -0.25) is 0 Å². The van der Waals surface area contributed by atoms with Crippen LogP contribution in [0.2, 0.25) is 0 Å². The fourth-order valence-electron chi connectivity index (χ4n) is 3.71. The summed E-state index contributed by atoms with van der Waals surface area (Å²) in [6.45, 7) is 13.5. The van der Waals surface area contributed by atoms with Crippen LogP contribution in [0.25, 0.3) is 10.9 Å². The zero-order valence-corrected chi connectivity index (χ0v) is 16.5. The molecule has 25 heavy (non-hydrogen) atoms. The van der Waals surface area contributed by atoms with Crippen molar-refractivity contribution in [2.45, 2.75) is 78.2 Å². The lowest BCUT2D eigenvalue weighted by atomic mass is 9.90. The van der Waals surface area contributed by atoms with Crippen LogP contribution in [0.5, 0.6) is 0 Å². The lowest BCUT2D eigenvalue weighted by molar-refractivity contribution is 0.137. The summed E-state index contributed by atoms with van der Waals surface area (Å²) in [4.78, 5) is 3.41. The molecule has 1 aromatic heterocycles. The minimum absolute atomic E-state index is 0.370. The third kappa shape index (κ3) is 5.47. The Bertz CT molecular complexity index is 658. The molecule has 1 fully saturated rings. The average Bonchev–Trinajstić information content (AvgIpc) is 3.25. The molecule has 0 radical (unpaired) electrons. The molecule has 2 nitrogen and oxygen atoms in total. The normalized spacial score (nSPS) is 16.9. The van der Waals surface area contributed by atoms with Gasteiger partial charge in [-0.05, 0) is 63.1 Å². The fourth-order valence-corrected chi connectivity index (χ4v) is 3.71. The van der Waals surface area contributed by atoms with E-state index in [1.165, 1.54) is 66.1 Å². The number of aromatic amines is 1. The molecule has 0 bridgehead atoms. The van der Waals surface area contributed by atoms with Gasteiger partial charge in [-0.15, -0.1) is 0 Å². The van der Waals surface area contributed by atoms with E-state index < -0.39 is 0 Å². The molecule has 1 atom stereocenters. The Labute approximate surface area is 153 Å². The van der Waals surface area contributed by atoms with Crippen molar-refractivity contribution in [3.8, 4) is 0 Å². The lowest BCUT2D eigenvalue weighted by Gasteiger charge is -2.14.